The predicted octanol–water partition coefficient (Wildman–Crippen LogP) is 7.10. The number of phenols is 1. The summed E-state index contributed by atoms with van der Waals surface area (Å²) in [6, 6.07) is 20.4. The van der Waals surface area contributed by atoms with Crippen molar-refractivity contribution in [3.05, 3.63) is 81.8 Å². The van der Waals surface area contributed by atoms with E-state index in [2.05, 4.69) is 50.7 Å². The molecule has 0 saturated heterocycles. The van der Waals surface area contributed by atoms with Gasteiger partial charge in [-0.2, -0.15) is 0 Å². The maximum Gasteiger partial charge on any atom is 0.124 e. The van der Waals surface area contributed by atoms with Gasteiger partial charge in [0.25, 0.3) is 0 Å². The molecule has 4 aromatic carbocycles. The zero-order valence-electron chi connectivity index (χ0n) is 16.7. The van der Waals surface area contributed by atoms with Crippen LogP contribution in [0.4, 0.5) is 5.69 Å². The number of hydrogen-bond acceptors (Lipinski definition) is 3. The van der Waals surface area contributed by atoms with Gasteiger partial charge in [-0.25, -0.2) is 0 Å². The van der Waals surface area contributed by atoms with Crippen LogP contribution in [0.15, 0.2) is 65.1 Å². The molecule has 0 atom stereocenters. The van der Waals surface area contributed by atoms with Crippen molar-refractivity contribution in [1.29, 1.82) is 0 Å². The standard InChI is InChI=1S/C25H21BrN2O2/c1-14-5-3-4-6-21(14)28-30-13-17-11-16-7-9-19-20-12-18(26)8-10-22(20)27-24(19)23(16)15(2)25(17)29/h3-12,27-29H,13H2,1-2H3. The lowest BCUT2D eigenvalue weighted by Gasteiger charge is -2.14. The summed E-state index contributed by atoms with van der Waals surface area (Å²) < 4.78 is 1.05. The minimum Gasteiger partial charge on any atom is -0.507 e. The van der Waals surface area contributed by atoms with E-state index in [1.165, 1.54) is 0 Å². The SMILES string of the molecule is Cc1ccccc1NOCc1cc2ccc3c4cc(Br)ccc4[nH]c3c2c(C)c1O. The molecule has 30 heavy (non-hydrogen) atoms. The van der Waals surface area contributed by atoms with Gasteiger partial charge in [0.15, 0.2) is 0 Å². The number of H-pyrrole nitrogens is 1. The number of aromatic nitrogens is 1. The molecule has 0 radical (unpaired) electrons. The smallest absolute Gasteiger partial charge is 0.124 e. The molecule has 0 aliphatic carbocycles. The molecule has 5 rings (SSSR count). The van der Waals surface area contributed by atoms with Crippen LogP contribution in [0.5, 0.6) is 5.75 Å². The fourth-order valence-electron chi connectivity index (χ4n) is 4.08. The summed E-state index contributed by atoms with van der Waals surface area (Å²) in [6.07, 6.45) is 0. The average Bonchev–Trinajstić information content (AvgIpc) is 3.10. The Morgan fingerprint density at radius 2 is 1.83 bits per heavy atom. The van der Waals surface area contributed by atoms with Gasteiger partial charge in [0, 0.05) is 37.3 Å². The van der Waals surface area contributed by atoms with E-state index in [1.807, 2.05) is 50.2 Å². The first-order valence-corrected chi connectivity index (χ1v) is 10.6. The Morgan fingerprint density at radius 1 is 1.00 bits per heavy atom. The first-order valence-electron chi connectivity index (χ1n) is 9.81. The maximum atomic E-state index is 10.9. The fourth-order valence-corrected chi connectivity index (χ4v) is 4.45. The quantitative estimate of drug-likeness (QED) is 0.250. The van der Waals surface area contributed by atoms with Gasteiger partial charge >= 0.3 is 0 Å². The molecular weight excluding hydrogens is 440 g/mol. The van der Waals surface area contributed by atoms with Gasteiger partial charge in [0.05, 0.1) is 11.2 Å². The van der Waals surface area contributed by atoms with Crippen molar-refractivity contribution >= 4 is 54.2 Å². The number of aromatic amines is 1. The number of anilines is 1. The molecule has 150 valence electrons. The predicted molar refractivity (Wildman–Crippen MR) is 127 cm³/mol. The Morgan fingerprint density at radius 3 is 2.67 bits per heavy atom. The molecule has 1 aromatic heterocycles. The second kappa shape index (κ2) is 7.35. The van der Waals surface area contributed by atoms with Crippen LogP contribution in [0, 0.1) is 13.8 Å². The van der Waals surface area contributed by atoms with Crippen molar-refractivity contribution in [3.8, 4) is 5.75 Å². The van der Waals surface area contributed by atoms with E-state index in [9.17, 15) is 5.11 Å². The summed E-state index contributed by atoms with van der Waals surface area (Å²) in [5, 5.41) is 15.3. The Labute approximate surface area is 182 Å². The third-order valence-electron chi connectivity index (χ3n) is 5.69. The zero-order chi connectivity index (χ0) is 20.8. The first kappa shape index (κ1) is 19.0. The summed E-state index contributed by atoms with van der Waals surface area (Å²) in [7, 11) is 0. The summed E-state index contributed by atoms with van der Waals surface area (Å²) in [5.74, 6) is 0.265. The minimum atomic E-state index is 0.259. The molecule has 5 aromatic rings. The van der Waals surface area contributed by atoms with Gasteiger partial charge in [-0.15, -0.1) is 0 Å². The third-order valence-corrected chi connectivity index (χ3v) is 6.18. The number of benzene rings is 4. The second-order valence-corrected chi connectivity index (χ2v) is 8.53. The van der Waals surface area contributed by atoms with Crippen LogP contribution in [0.3, 0.4) is 0 Å². The molecule has 0 spiro atoms. The van der Waals surface area contributed by atoms with E-state index in [0.717, 1.165) is 59.4 Å². The molecule has 5 heteroatoms. The first-order chi connectivity index (χ1) is 14.5. The largest absolute Gasteiger partial charge is 0.507 e. The van der Waals surface area contributed by atoms with Crippen LogP contribution in [0.25, 0.3) is 32.6 Å². The van der Waals surface area contributed by atoms with Crippen molar-refractivity contribution < 1.29 is 9.94 Å². The Hall–Kier alpha value is -3.02. The Kier molecular flexibility index (Phi) is 4.65. The van der Waals surface area contributed by atoms with E-state index in [0.29, 0.717) is 0 Å². The molecule has 1 heterocycles. The molecule has 0 unspecified atom stereocenters. The lowest BCUT2D eigenvalue weighted by atomic mass is 9.98. The van der Waals surface area contributed by atoms with E-state index in [-0.39, 0.29) is 12.4 Å². The highest BCUT2D eigenvalue weighted by molar-refractivity contribution is 9.10. The zero-order valence-corrected chi connectivity index (χ0v) is 18.3. The normalized spacial score (nSPS) is 11.6. The molecule has 0 bridgehead atoms. The lowest BCUT2D eigenvalue weighted by molar-refractivity contribution is 0.177. The fraction of sp³-hybridized carbons (Fsp3) is 0.120. The molecule has 0 saturated carbocycles. The lowest BCUT2D eigenvalue weighted by Crippen LogP contribution is -2.03. The summed E-state index contributed by atoms with van der Waals surface area (Å²) in [5.41, 5.74) is 8.72. The number of fused-ring (bicyclic) bond motifs is 5. The molecular formula is C25H21BrN2O2. The molecule has 0 fully saturated rings. The molecule has 4 nitrogen and oxygen atoms in total. The number of hydrogen-bond donors (Lipinski definition) is 3. The monoisotopic (exact) mass is 460 g/mol. The van der Waals surface area contributed by atoms with Gasteiger partial charge in [0.2, 0.25) is 0 Å². The van der Waals surface area contributed by atoms with Crippen LogP contribution >= 0.6 is 15.9 Å². The Bertz CT molecular complexity index is 1420. The van der Waals surface area contributed by atoms with E-state index in [4.69, 9.17) is 4.84 Å². The average molecular weight is 461 g/mol. The van der Waals surface area contributed by atoms with Gasteiger partial charge in [0.1, 0.15) is 12.4 Å². The summed E-state index contributed by atoms with van der Waals surface area (Å²) >= 11 is 3.56. The van der Waals surface area contributed by atoms with Crippen molar-refractivity contribution in [2.45, 2.75) is 20.5 Å². The van der Waals surface area contributed by atoms with Gasteiger partial charge < -0.3 is 10.1 Å². The van der Waals surface area contributed by atoms with Gasteiger partial charge in [-0.05, 0) is 55.1 Å². The van der Waals surface area contributed by atoms with E-state index in [1.54, 1.807) is 0 Å². The number of rotatable bonds is 4. The van der Waals surface area contributed by atoms with Crippen molar-refractivity contribution in [2.24, 2.45) is 0 Å². The van der Waals surface area contributed by atoms with Crippen LogP contribution in [-0.2, 0) is 11.4 Å². The van der Waals surface area contributed by atoms with Crippen LogP contribution in [0.1, 0.15) is 16.7 Å². The second-order valence-electron chi connectivity index (χ2n) is 7.62. The maximum absolute atomic E-state index is 10.9. The summed E-state index contributed by atoms with van der Waals surface area (Å²) in [4.78, 5) is 9.23. The molecule has 3 N–H and O–H groups in total. The molecule has 0 aliphatic heterocycles. The number of aryl methyl sites for hydroxylation is 2. The van der Waals surface area contributed by atoms with E-state index >= 15 is 0 Å². The van der Waals surface area contributed by atoms with E-state index < -0.39 is 0 Å². The van der Waals surface area contributed by atoms with Crippen molar-refractivity contribution in [2.75, 3.05) is 5.48 Å². The Balaban J connectivity index is 1.55. The minimum absolute atomic E-state index is 0.259. The summed E-state index contributed by atoms with van der Waals surface area (Å²) in [6.45, 7) is 4.24. The van der Waals surface area contributed by atoms with Crippen LogP contribution < -0.4 is 5.48 Å². The van der Waals surface area contributed by atoms with Gasteiger partial charge in [-0.3, -0.25) is 10.3 Å². The van der Waals surface area contributed by atoms with Crippen molar-refractivity contribution in [3.63, 3.8) is 0 Å². The molecule has 0 amide bonds. The number of aromatic hydroxyl groups is 1. The number of halogens is 1. The number of phenolic OH excluding ortho intramolecular Hbond substituents is 1. The third kappa shape index (κ3) is 3.11. The molecule has 0 aliphatic rings. The van der Waals surface area contributed by atoms with Crippen LogP contribution in [0.2, 0.25) is 0 Å². The number of para-hydroxylation sites is 1. The highest BCUT2D eigenvalue weighted by Gasteiger charge is 2.15. The topological polar surface area (TPSA) is 57.3 Å². The highest BCUT2D eigenvalue weighted by atomic mass is 79.9. The van der Waals surface area contributed by atoms with Crippen LogP contribution in [-0.4, -0.2) is 10.1 Å². The van der Waals surface area contributed by atoms with Gasteiger partial charge in [-0.1, -0.05) is 46.3 Å². The number of nitrogens with one attached hydrogen (secondary N) is 2. The highest BCUT2D eigenvalue weighted by Crippen LogP contribution is 2.38. The van der Waals surface area contributed by atoms with Crippen molar-refractivity contribution in [1.82, 2.24) is 4.98 Å².